The van der Waals surface area contributed by atoms with E-state index in [0.717, 1.165) is 13.0 Å². The highest BCUT2D eigenvalue weighted by Gasteiger charge is 2.31. The van der Waals surface area contributed by atoms with Crippen molar-refractivity contribution in [3.63, 3.8) is 0 Å². The van der Waals surface area contributed by atoms with Gasteiger partial charge in [-0.05, 0) is 42.3 Å². The minimum absolute atomic E-state index is 0.429. The van der Waals surface area contributed by atoms with E-state index in [4.69, 9.17) is 5.73 Å². The molecule has 0 aromatic heterocycles. The average Bonchev–Trinajstić information content (AvgIpc) is 2.40. The predicted molar refractivity (Wildman–Crippen MR) is 55.6 cm³/mol. The van der Waals surface area contributed by atoms with Crippen molar-refractivity contribution in [2.24, 2.45) is 11.1 Å². The quantitative estimate of drug-likeness (QED) is 0.732. The van der Waals surface area contributed by atoms with Gasteiger partial charge in [0.1, 0.15) is 0 Å². The van der Waals surface area contributed by atoms with E-state index in [-0.39, 0.29) is 0 Å². The number of rotatable bonds is 2. The molecular formula is C12H17N. The molecule has 0 heterocycles. The van der Waals surface area contributed by atoms with Crippen molar-refractivity contribution >= 4 is 0 Å². The molecule has 0 atom stereocenters. The lowest BCUT2D eigenvalue weighted by Crippen LogP contribution is -2.20. The molecule has 0 radical (unpaired) electrons. The van der Waals surface area contributed by atoms with Gasteiger partial charge in [0.15, 0.2) is 0 Å². The molecule has 1 aromatic rings. The standard InChI is InChI=1S/C12H17N/c1-12(6-7-13)8-10-4-2-3-5-11(10)9-12/h2-5H,6-9,13H2,1H3. The highest BCUT2D eigenvalue weighted by molar-refractivity contribution is 5.33. The van der Waals surface area contributed by atoms with Gasteiger partial charge < -0.3 is 5.73 Å². The van der Waals surface area contributed by atoms with Gasteiger partial charge in [-0.1, -0.05) is 31.2 Å². The number of fused-ring (bicyclic) bond motifs is 1. The second-order valence-corrected chi connectivity index (χ2v) is 4.47. The summed E-state index contributed by atoms with van der Waals surface area (Å²) in [5.41, 5.74) is 9.11. The fourth-order valence-electron chi connectivity index (χ4n) is 2.41. The van der Waals surface area contributed by atoms with Crippen LogP contribution in [0.2, 0.25) is 0 Å². The van der Waals surface area contributed by atoms with Crippen molar-refractivity contribution < 1.29 is 0 Å². The third kappa shape index (κ3) is 1.61. The molecule has 2 rings (SSSR count). The summed E-state index contributed by atoms with van der Waals surface area (Å²) in [6, 6.07) is 8.76. The highest BCUT2D eigenvalue weighted by Crippen LogP contribution is 2.38. The van der Waals surface area contributed by atoms with Crippen LogP contribution in [0.1, 0.15) is 24.5 Å². The van der Waals surface area contributed by atoms with Gasteiger partial charge in [0.2, 0.25) is 0 Å². The zero-order chi connectivity index (χ0) is 9.31. The van der Waals surface area contributed by atoms with Crippen LogP contribution in [0.15, 0.2) is 24.3 Å². The van der Waals surface area contributed by atoms with E-state index in [9.17, 15) is 0 Å². The molecule has 0 bridgehead atoms. The van der Waals surface area contributed by atoms with Crippen LogP contribution in [-0.4, -0.2) is 6.54 Å². The summed E-state index contributed by atoms with van der Waals surface area (Å²) in [6.07, 6.45) is 3.56. The van der Waals surface area contributed by atoms with Crippen LogP contribution in [0.4, 0.5) is 0 Å². The van der Waals surface area contributed by atoms with Crippen LogP contribution >= 0.6 is 0 Å². The highest BCUT2D eigenvalue weighted by atomic mass is 14.5. The van der Waals surface area contributed by atoms with Gasteiger partial charge in [-0.25, -0.2) is 0 Å². The SMILES string of the molecule is CC1(CCN)Cc2ccccc2C1. The molecule has 0 unspecified atom stereocenters. The van der Waals surface area contributed by atoms with E-state index in [2.05, 4.69) is 31.2 Å². The normalized spacial score (nSPS) is 18.6. The Balaban J connectivity index is 2.21. The van der Waals surface area contributed by atoms with E-state index < -0.39 is 0 Å². The maximum Gasteiger partial charge on any atom is -0.00719 e. The Morgan fingerprint density at radius 3 is 2.23 bits per heavy atom. The van der Waals surface area contributed by atoms with Crippen LogP contribution in [0.5, 0.6) is 0 Å². The first kappa shape index (κ1) is 8.76. The Kier molecular flexibility index (Phi) is 2.12. The van der Waals surface area contributed by atoms with Crippen molar-refractivity contribution in [2.45, 2.75) is 26.2 Å². The summed E-state index contributed by atoms with van der Waals surface area (Å²) in [6.45, 7) is 3.16. The van der Waals surface area contributed by atoms with Crippen LogP contribution in [-0.2, 0) is 12.8 Å². The predicted octanol–water partition coefficient (Wildman–Crippen LogP) is 2.14. The Labute approximate surface area is 80.0 Å². The molecular weight excluding hydrogens is 158 g/mol. The molecule has 1 aromatic carbocycles. The van der Waals surface area contributed by atoms with E-state index in [1.807, 2.05) is 0 Å². The molecule has 70 valence electrons. The van der Waals surface area contributed by atoms with Crippen molar-refractivity contribution in [1.29, 1.82) is 0 Å². The average molecular weight is 175 g/mol. The molecule has 1 heteroatoms. The molecule has 0 saturated carbocycles. The summed E-state index contributed by atoms with van der Waals surface area (Å²) in [4.78, 5) is 0. The second-order valence-electron chi connectivity index (χ2n) is 4.47. The van der Waals surface area contributed by atoms with E-state index in [0.29, 0.717) is 5.41 Å². The Hall–Kier alpha value is -0.820. The fourth-order valence-corrected chi connectivity index (χ4v) is 2.41. The summed E-state index contributed by atoms with van der Waals surface area (Å²) in [5, 5.41) is 0. The van der Waals surface area contributed by atoms with E-state index >= 15 is 0 Å². The first-order chi connectivity index (χ1) is 6.23. The zero-order valence-corrected chi connectivity index (χ0v) is 8.22. The van der Waals surface area contributed by atoms with Gasteiger partial charge >= 0.3 is 0 Å². The summed E-state index contributed by atoms with van der Waals surface area (Å²) >= 11 is 0. The smallest absolute Gasteiger partial charge is 0.00719 e. The summed E-state index contributed by atoms with van der Waals surface area (Å²) < 4.78 is 0. The van der Waals surface area contributed by atoms with Gasteiger partial charge in [0.05, 0.1) is 0 Å². The largest absolute Gasteiger partial charge is 0.330 e. The van der Waals surface area contributed by atoms with Gasteiger partial charge in [0, 0.05) is 0 Å². The van der Waals surface area contributed by atoms with Crippen LogP contribution in [0.25, 0.3) is 0 Å². The first-order valence-electron chi connectivity index (χ1n) is 5.00. The van der Waals surface area contributed by atoms with Crippen LogP contribution in [0, 0.1) is 5.41 Å². The van der Waals surface area contributed by atoms with Gasteiger partial charge in [-0.2, -0.15) is 0 Å². The Morgan fingerprint density at radius 2 is 1.77 bits per heavy atom. The van der Waals surface area contributed by atoms with Crippen molar-refractivity contribution in [3.05, 3.63) is 35.4 Å². The number of hydrogen-bond donors (Lipinski definition) is 1. The molecule has 2 N–H and O–H groups in total. The summed E-state index contributed by atoms with van der Waals surface area (Å²) in [7, 11) is 0. The van der Waals surface area contributed by atoms with Gasteiger partial charge in [-0.15, -0.1) is 0 Å². The number of benzene rings is 1. The van der Waals surface area contributed by atoms with E-state index in [1.54, 1.807) is 0 Å². The van der Waals surface area contributed by atoms with Crippen molar-refractivity contribution in [2.75, 3.05) is 6.54 Å². The van der Waals surface area contributed by atoms with Crippen molar-refractivity contribution in [1.82, 2.24) is 0 Å². The fraction of sp³-hybridized carbons (Fsp3) is 0.500. The topological polar surface area (TPSA) is 26.0 Å². The molecule has 1 aliphatic carbocycles. The number of nitrogens with two attached hydrogens (primary N) is 1. The first-order valence-corrected chi connectivity index (χ1v) is 5.00. The maximum atomic E-state index is 5.63. The van der Waals surface area contributed by atoms with Crippen LogP contribution in [0.3, 0.4) is 0 Å². The Morgan fingerprint density at radius 1 is 1.23 bits per heavy atom. The molecule has 1 aliphatic rings. The molecule has 13 heavy (non-hydrogen) atoms. The lowest BCUT2D eigenvalue weighted by Gasteiger charge is -2.22. The molecule has 0 saturated heterocycles. The zero-order valence-electron chi connectivity index (χ0n) is 8.22. The molecule has 0 fully saturated rings. The molecule has 1 nitrogen and oxygen atoms in total. The molecule has 0 spiro atoms. The second kappa shape index (κ2) is 3.15. The minimum Gasteiger partial charge on any atom is -0.330 e. The third-order valence-electron chi connectivity index (χ3n) is 3.10. The Bertz CT molecular complexity index is 279. The van der Waals surface area contributed by atoms with Gasteiger partial charge in [-0.3, -0.25) is 0 Å². The van der Waals surface area contributed by atoms with Crippen molar-refractivity contribution in [3.8, 4) is 0 Å². The summed E-state index contributed by atoms with van der Waals surface area (Å²) in [5.74, 6) is 0. The monoisotopic (exact) mass is 175 g/mol. The van der Waals surface area contributed by atoms with Crippen LogP contribution < -0.4 is 5.73 Å². The maximum absolute atomic E-state index is 5.63. The lowest BCUT2D eigenvalue weighted by molar-refractivity contribution is 0.322. The lowest BCUT2D eigenvalue weighted by atomic mass is 9.84. The number of hydrogen-bond acceptors (Lipinski definition) is 1. The molecule has 0 amide bonds. The van der Waals surface area contributed by atoms with E-state index in [1.165, 1.54) is 24.0 Å². The molecule has 0 aliphatic heterocycles. The minimum atomic E-state index is 0.429. The van der Waals surface area contributed by atoms with Gasteiger partial charge in [0.25, 0.3) is 0 Å². The third-order valence-corrected chi connectivity index (χ3v) is 3.10.